The molecule has 3 rings (SSSR count). The fourth-order valence-corrected chi connectivity index (χ4v) is 2.91. The SMILES string of the molecule is CC(NC(=O)C1CCC1C(=O)O)c1ccc(OCC2CC2)c(F)c1. The van der Waals surface area contributed by atoms with Crippen LogP contribution in [-0.4, -0.2) is 23.6 Å². The van der Waals surface area contributed by atoms with Crippen molar-refractivity contribution < 1.29 is 23.8 Å². The quantitative estimate of drug-likeness (QED) is 0.803. The number of halogens is 1. The van der Waals surface area contributed by atoms with Gasteiger partial charge in [-0.1, -0.05) is 6.07 Å². The third kappa shape index (κ3) is 3.68. The van der Waals surface area contributed by atoms with Gasteiger partial charge in [-0.3, -0.25) is 9.59 Å². The molecule has 2 fully saturated rings. The smallest absolute Gasteiger partial charge is 0.307 e. The van der Waals surface area contributed by atoms with Crippen molar-refractivity contribution >= 4 is 11.9 Å². The van der Waals surface area contributed by atoms with Gasteiger partial charge in [0.1, 0.15) is 0 Å². The normalized spacial score (nSPS) is 23.9. The van der Waals surface area contributed by atoms with E-state index in [0.29, 0.717) is 30.9 Å². The van der Waals surface area contributed by atoms with E-state index < -0.39 is 23.6 Å². The van der Waals surface area contributed by atoms with Crippen molar-refractivity contribution in [2.45, 2.75) is 38.6 Å². The average molecular weight is 335 g/mol. The van der Waals surface area contributed by atoms with Gasteiger partial charge < -0.3 is 15.2 Å². The Bertz CT molecular complexity index is 644. The summed E-state index contributed by atoms with van der Waals surface area (Å²) < 4.78 is 19.6. The summed E-state index contributed by atoms with van der Waals surface area (Å²) in [6.45, 7) is 2.30. The van der Waals surface area contributed by atoms with E-state index in [9.17, 15) is 14.0 Å². The summed E-state index contributed by atoms with van der Waals surface area (Å²) in [4.78, 5) is 23.2. The van der Waals surface area contributed by atoms with Gasteiger partial charge in [-0.25, -0.2) is 4.39 Å². The molecule has 6 heteroatoms. The van der Waals surface area contributed by atoms with Gasteiger partial charge in [0.05, 0.1) is 24.5 Å². The average Bonchev–Trinajstić information content (AvgIpc) is 3.28. The van der Waals surface area contributed by atoms with Gasteiger partial charge in [-0.15, -0.1) is 0 Å². The van der Waals surface area contributed by atoms with Crippen molar-refractivity contribution in [2.24, 2.45) is 17.8 Å². The maximum atomic E-state index is 14.1. The molecule has 2 N–H and O–H groups in total. The van der Waals surface area contributed by atoms with Crippen LogP contribution in [0.3, 0.4) is 0 Å². The summed E-state index contributed by atoms with van der Waals surface area (Å²) in [5, 5.41) is 11.8. The Hall–Kier alpha value is -2.11. The molecule has 130 valence electrons. The van der Waals surface area contributed by atoms with Gasteiger partial charge in [0.2, 0.25) is 5.91 Å². The summed E-state index contributed by atoms with van der Waals surface area (Å²) in [6.07, 6.45) is 3.39. The molecule has 1 amide bonds. The number of hydrogen-bond acceptors (Lipinski definition) is 3. The van der Waals surface area contributed by atoms with Gasteiger partial charge >= 0.3 is 5.97 Å². The van der Waals surface area contributed by atoms with Crippen LogP contribution in [0, 0.1) is 23.6 Å². The molecule has 5 nitrogen and oxygen atoms in total. The van der Waals surface area contributed by atoms with E-state index in [4.69, 9.17) is 9.84 Å². The van der Waals surface area contributed by atoms with Crippen LogP contribution in [0.25, 0.3) is 0 Å². The van der Waals surface area contributed by atoms with Gasteiger partial charge in [0.15, 0.2) is 11.6 Å². The monoisotopic (exact) mass is 335 g/mol. The maximum Gasteiger partial charge on any atom is 0.307 e. The number of carboxylic acids is 1. The zero-order chi connectivity index (χ0) is 17.3. The molecule has 0 bridgehead atoms. The van der Waals surface area contributed by atoms with Crippen molar-refractivity contribution in [3.63, 3.8) is 0 Å². The first kappa shape index (κ1) is 16.7. The summed E-state index contributed by atoms with van der Waals surface area (Å²) in [5.74, 6) is -1.97. The number of carboxylic acid groups (broad SMARTS) is 1. The zero-order valence-corrected chi connectivity index (χ0v) is 13.6. The number of rotatable bonds is 7. The second-order valence-corrected chi connectivity index (χ2v) is 6.80. The lowest BCUT2D eigenvalue weighted by atomic mass is 9.73. The van der Waals surface area contributed by atoms with E-state index in [-0.39, 0.29) is 17.7 Å². The third-order valence-electron chi connectivity index (χ3n) is 4.91. The van der Waals surface area contributed by atoms with Crippen LogP contribution in [0.5, 0.6) is 5.75 Å². The Balaban J connectivity index is 1.57. The van der Waals surface area contributed by atoms with Crippen LogP contribution in [-0.2, 0) is 9.59 Å². The fraction of sp³-hybridized carbons (Fsp3) is 0.556. The minimum Gasteiger partial charge on any atom is -0.490 e. The second-order valence-electron chi connectivity index (χ2n) is 6.80. The van der Waals surface area contributed by atoms with Crippen LogP contribution < -0.4 is 10.1 Å². The van der Waals surface area contributed by atoms with Crippen molar-refractivity contribution in [1.82, 2.24) is 5.32 Å². The molecule has 3 unspecified atom stereocenters. The highest BCUT2D eigenvalue weighted by Gasteiger charge is 2.41. The Morgan fingerprint density at radius 3 is 2.54 bits per heavy atom. The number of amides is 1. The number of aliphatic carboxylic acids is 1. The van der Waals surface area contributed by atoms with Crippen LogP contribution in [0.1, 0.15) is 44.2 Å². The lowest BCUT2D eigenvalue weighted by Gasteiger charge is -2.33. The summed E-state index contributed by atoms with van der Waals surface area (Å²) in [6, 6.07) is 4.28. The Kier molecular flexibility index (Phi) is 4.73. The molecule has 2 aliphatic rings. The number of carbonyl (C=O) groups excluding carboxylic acids is 1. The Morgan fingerprint density at radius 2 is 2.00 bits per heavy atom. The predicted molar refractivity (Wildman–Crippen MR) is 85.0 cm³/mol. The number of benzene rings is 1. The molecular formula is C18H22FNO4. The fourth-order valence-electron chi connectivity index (χ4n) is 2.91. The minimum atomic E-state index is -0.933. The van der Waals surface area contributed by atoms with E-state index in [2.05, 4.69) is 5.32 Å². The van der Waals surface area contributed by atoms with E-state index in [0.717, 1.165) is 12.8 Å². The minimum absolute atomic E-state index is 0.231. The summed E-state index contributed by atoms with van der Waals surface area (Å²) in [5.41, 5.74) is 0.630. The highest BCUT2D eigenvalue weighted by atomic mass is 19.1. The van der Waals surface area contributed by atoms with E-state index in [1.165, 1.54) is 6.07 Å². The van der Waals surface area contributed by atoms with E-state index in [1.54, 1.807) is 19.1 Å². The largest absolute Gasteiger partial charge is 0.490 e. The molecule has 0 spiro atoms. The topological polar surface area (TPSA) is 75.6 Å². The number of hydrogen-bond donors (Lipinski definition) is 2. The molecule has 1 aromatic carbocycles. The van der Waals surface area contributed by atoms with Crippen molar-refractivity contribution in [3.05, 3.63) is 29.6 Å². The lowest BCUT2D eigenvalue weighted by Crippen LogP contribution is -2.44. The van der Waals surface area contributed by atoms with Crippen molar-refractivity contribution in [3.8, 4) is 5.75 Å². The van der Waals surface area contributed by atoms with Gasteiger partial charge in [-0.05, 0) is 56.2 Å². The first-order valence-electron chi connectivity index (χ1n) is 8.41. The zero-order valence-electron chi connectivity index (χ0n) is 13.6. The molecule has 0 aliphatic heterocycles. The molecule has 2 saturated carbocycles. The van der Waals surface area contributed by atoms with E-state index >= 15 is 0 Å². The third-order valence-corrected chi connectivity index (χ3v) is 4.91. The molecule has 3 atom stereocenters. The number of carbonyl (C=O) groups is 2. The lowest BCUT2D eigenvalue weighted by molar-refractivity contribution is -0.152. The van der Waals surface area contributed by atoms with Crippen LogP contribution in [0.4, 0.5) is 4.39 Å². The van der Waals surface area contributed by atoms with Crippen LogP contribution >= 0.6 is 0 Å². The van der Waals surface area contributed by atoms with Gasteiger partial charge in [0, 0.05) is 0 Å². The second kappa shape index (κ2) is 6.79. The molecule has 1 aromatic rings. The molecule has 0 heterocycles. The standard InChI is InChI=1S/C18H22FNO4/c1-10(20-17(21)13-5-6-14(13)18(22)23)12-4-7-16(15(19)8-12)24-9-11-2-3-11/h4,7-8,10-11,13-14H,2-3,5-6,9H2,1H3,(H,20,21)(H,22,23). The number of ether oxygens (including phenoxy) is 1. The summed E-state index contributed by atoms with van der Waals surface area (Å²) >= 11 is 0. The van der Waals surface area contributed by atoms with Crippen LogP contribution in [0.2, 0.25) is 0 Å². The molecule has 0 aromatic heterocycles. The first-order chi connectivity index (χ1) is 11.5. The molecule has 0 radical (unpaired) electrons. The van der Waals surface area contributed by atoms with Gasteiger partial charge in [-0.2, -0.15) is 0 Å². The molecule has 0 saturated heterocycles. The molecule has 2 aliphatic carbocycles. The Morgan fingerprint density at radius 1 is 1.29 bits per heavy atom. The maximum absolute atomic E-state index is 14.1. The molecule has 24 heavy (non-hydrogen) atoms. The Labute approximate surface area is 140 Å². The predicted octanol–water partition coefficient (Wildman–Crippen LogP) is 2.90. The first-order valence-corrected chi connectivity index (χ1v) is 8.41. The van der Waals surface area contributed by atoms with Crippen molar-refractivity contribution in [2.75, 3.05) is 6.61 Å². The van der Waals surface area contributed by atoms with Crippen molar-refractivity contribution in [1.29, 1.82) is 0 Å². The highest BCUT2D eigenvalue weighted by Crippen LogP contribution is 2.35. The highest BCUT2D eigenvalue weighted by molar-refractivity contribution is 5.86. The number of nitrogens with one attached hydrogen (secondary N) is 1. The van der Waals surface area contributed by atoms with Crippen LogP contribution in [0.15, 0.2) is 18.2 Å². The summed E-state index contributed by atoms with van der Waals surface area (Å²) in [7, 11) is 0. The molecular weight excluding hydrogens is 313 g/mol. The van der Waals surface area contributed by atoms with Gasteiger partial charge in [0.25, 0.3) is 0 Å². The van der Waals surface area contributed by atoms with E-state index in [1.807, 2.05) is 0 Å².